The Hall–Kier alpha value is -2.46. The van der Waals surface area contributed by atoms with Gasteiger partial charge in [0.1, 0.15) is 0 Å². The van der Waals surface area contributed by atoms with Gasteiger partial charge in [-0.15, -0.1) is 0 Å². The van der Waals surface area contributed by atoms with Gasteiger partial charge in [-0.05, 0) is 36.3 Å². The van der Waals surface area contributed by atoms with E-state index in [0.29, 0.717) is 16.5 Å². The maximum absolute atomic E-state index is 12.1. The van der Waals surface area contributed by atoms with E-state index in [1.54, 1.807) is 18.2 Å². The molecule has 0 aliphatic carbocycles. The van der Waals surface area contributed by atoms with Crippen LogP contribution in [0.5, 0.6) is 11.5 Å². The Morgan fingerprint density at radius 2 is 1.88 bits per heavy atom. The van der Waals surface area contributed by atoms with Crippen molar-refractivity contribution < 1.29 is 14.3 Å². The predicted molar refractivity (Wildman–Crippen MR) is 96.6 cm³/mol. The molecule has 0 aromatic heterocycles. The van der Waals surface area contributed by atoms with Gasteiger partial charge in [0.2, 0.25) is 5.91 Å². The molecule has 1 atom stereocenters. The summed E-state index contributed by atoms with van der Waals surface area (Å²) in [6.07, 6.45) is 3.15. The average Bonchev–Trinajstić information content (AvgIpc) is 2.60. The Bertz CT molecular complexity index is 729. The molecule has 0 saturated carbocycles. The zero-order chi connectivity index (χ0) is 17.5. The Kier molecular flexibility index (Phi) is 6.27. The highest BCUT2D eigenvalue weighted by atomic mass is 35.5. The van der Waals surface area contributed by atoms with Crippen LogP contribution in [0.2, 0.25) is 5.02 Å². The van der Waals surface area contributed by atoms with Crippen molar-refractivity contribution in [3.05, 3.63) is 64.7 Å². The van der Waals surface area contributed by atoms with E-state index in [-0.39, 0.29) is 11.9 Å². The molecule has 0 unspecified atom stereocenters. The van der Waals surface area contributed by atoms with Crippen molar-refractivity contribution in [3.8, 4) is 11.5 Å². The highest BCUT2D eigenvalue weighted by Crippen LogP contribution is 2.36. The molecule has 24 heavy (non-hydrogen) atoms. The second-order valence-corrected chi connectivity index (χ2v) is 5.62. The zero-order valence-corrected chi connectivity index (χ0v) is 14.6. The fourth-order valence-electron chi connectivity index (χ4n) is 2.29. The van der Waals surface area contributed by atoms with Crippen LogP contribution in [0.1, 0.15) is 24.1 Å². The van der Waals surface area contributed by atoms with Gasteiger partial charge in [0.05, 0.1) is 25.3 Å². The largest absolute Gasteiger partial charge is 0.493 e. The molecule has 0 spiro atoms. The van der Waals surface area contributed by atoms with Crippen LogP contribution in [0.15, 0.2) is 48.5 Å². The lowest BCUT2D eigenvalue weighted by Gasteiger charge is -2.12. The summed E-state index contributed by atoms with van der Waals surface area (Å²) in [5.74, 6) is 0.804. The van der Waals surface area contributed by atoms with E-state index in [0.717, 1.165) is 11.1 Å². The summed E-state index contributed by atoms with van der Waals surface area (Å²) in [6, 6.07) is 13.2. The van der Waals surface area contributed by atoms with Gasteiger partial charge in [0.25, 0.3) is 0 Å². The summed E-state index contributed by atoms with van der Waals surface area (Å²) in [5.41, 5.74) is 1.80. The van der Waals surface area contributed by atoms with Crippen LogP contribution in [0.3, 0.4) is 0 Å². The maximum Gasteiger partial charge on any atom is 0.244 e. The van der Waals surface area contributed by atoms with Crippen LogP contribution in [0, 0.1) is 0 Å². The molecule has 5 heteroatoms. The van der Waals surface area contributed by atoms with Gasteiger partial charge >= 0.3 is 0 Å². The second kappa shape index (κ2) is 8.41. The summed E-state index contributed by atoms with van der Waals surface area (Å²) >= 11 is 6.15. The monoisotopic (exact) mass is 345 g/mol. The van der Waals surface area contributed by atoms with Gasteiger partial charge < -0.3 is 14.8 Å². The molecule has 0 radical (unpaired) electrons. The minimum absolute atomic E-state index is 0.0719. The third-order valence-corrected chi connectivity index (χ3v) is 3.82. The molecule has 1 amide bonds. The molecule has 0 aliphatic rings. The maximum atomic E-state index is 12.1. The van der Waals surface area contributed by atoms with Gasteiger partial charge in [-0.2, -0.15) is 0 Å². The first-order valence-electron chi connectivity index (χ1n) is 7.50. The van der Waals surface area contributed by atoms with Gasteiger partial charge in [-0.1, -0.05) is 41.9 Å². The molecular formula is C19H20ClNO3. The number of hydrogen-bond acceptors (Lipinski definition) is 3. The predicted octanol–water partition coefficient (Wildman–Crippen LogP) is 4.25. The van der Waals surface area contributed by atoms with Crippen molar-refractivity contribution in [3.63, 3.8) is 0 Å². The van der Waals surface area contributed by atoms with E-state index < -0.39 is 0 Å². The Morgan fingerprint density at radius 1 is 1.17 bits per heavy atom. The number of rotatable bonds is 6. The Labute approximate surface area is 147 Å². The molecule has 126 valence electrons. The molecule has 0 saturated heterocycles. The normalized spacial score (nSPS) is 12.0. The standard InChI is InChI=1S/C19H20ClNO3/c1-13(15-7-5-4-6-8-15)21-18(22)10-9-14-11-16(20)19(24-3)17(12-14)23-2/h4-13H,1-3H3,(H,21,22)/b10-9+/t13-/m0/s1. The minimum Gasteiger partial charge on any atom is -0.493 e. The van der Waals surface area contributed by atoms with Gasteiger partial charge in [-0.3, -0.25) is 4.79 Å². The highest BCUT2D eigenvalue weighted by molar-refractivity contribution is 6.32. The summed E-state index contributed by atoms with van der Waals surface area (Å²) in [5, 5.41) is 3.34. The molecule has 1 N–H and O–H groups in total. The summed E-state index contributed by atoms with van der Waals surface area (Å²) < 4.78 is 10.4. The lowest BCUT2D eigenvalue weighted by atomic mass is 10.1. The number of nitrogens with one attached hydrogen (secondary N) is 1. The van der Waals surface area contributed by atoms with Crippen LogP contribution in [-0.4, -0.2) is 20.1 Å². The quantitative estimate of drug-likeness (QED) is 0.796. The third-order valence-electron chi connectivity index (χ3n) is 3.54. The molecule has 2 aromatic carbocycles. The van der Waals surface area contributed by atoms with Crippen LogP contribution in [-0.2, 0) is 4.79 Å². The van der Waals surface area contributed by atoms with Crippen molar-refractivity contribution in [1.29, 1.82) is 0 Å². The lowest BCUT2D eigenvalue weighted by molar-refractivity contribution is -0.117. The first-order chi connectivity index (χ1) is 11.5. The van der Waals surface area contributed by atoms with E-state index >= 15 is 0 Å². The van der Waals surface area contributed by atoms with Gasteiger partial charge in [0, 0.05) is 6.08 Å². The van der Waals surface area contributed by atoms with Crippen molar-refractivity contribution in [2.24, 2.45) is 0 Å². The second-order valence-electron chi connectivity index (χ2n) is 5.21. The number of amides is 1. The SMILES string of the molecule is COc1cc(/C=C/C(=O)N[C@@H](C)c2ccccc2)cc(Cl)c1OC. The number of halogens is 1. The van der Waals surface area contributed by atoms with Crippen molar-refractivity contribution in [2.45, 2.75) is 13.0 Å². The molecular weight excluding hydrogens is 326 g/mol. The van der Waals surface area contributed by atoms with E-state index in [1.165, 1.54) is 20.3 Å². The third kappa shape index (κ3) is 4.52. The Balaban J connectivity index is 2.07. The van der Waals surface area contributed by atoms with Crippen LogP contribution in [0.25, 0.3) is 6.08 Å². The highest BCUT2D eigenvalue weighted by Gasteiger charge is 2.10. The van der Waals surface area contributed by atoms with Gasteiger partial charge in [0.15, 0.2) is 11.5 Å². The number of methoxy groups -OCH3 is 2. The molecule has 4 nitrogen and oxygen atoms in total. The summed E-state index contributed by atoms with van der Waals surface area (Å²) in [6.45, 7) is 1.94. The molecule has 2 aromatic rings. The van der Waals surface area contributed by atoms with E-state index in [1.807, 2.05) is 37.3 Å². The minimum atomic E-state index is -0.183. The number of carbonyl (C=O) groups is 1. The number of ether oxygens (including phenoxy) is 2. The topological polar surface area (TPSA) is 47.6 Å². The molecule has 0 fully saturated rings. The average molecular weight is 346 g/mol. The number of hydrogen-bond donors (Lipinski definition) is 1. The molecule has 0 bridgehead atoms. The molecule has 0 aliphatic heterocycles. The van der Waals surface area contributed by atoms with Crippen molar-refractivity contribution in [1.82, 2.24) is 5.32 Å². The van der Waals surface area contributed by atoms with Gasteiger partial charge in [-0.25, -0.2) is 0 Å². The van der Waals surface area contributed by atoms with Crippen LogP contribution in [0.4, 0.5) is 0 Å². The fraction of sp³-hybridized carbons (Fsp3) is 0.211. The number of carbonyl (C=O) groups excluding carboxylic acids is 1. The lowest BCUT2D eigenvalue weighted by Crippen LogP contribution is -2.24. The first-order valence-corrected chi connectivity index (χ1v) is 7.88. The Morgan fingerprint density at radius 3 is 2.50 bits per heavy atom. The fourth-order valence-corrected chi connectivity index (χ4v) is 2.59. The van der Waals surface area contributed by atoms with Crippen LogP contribution < -0.4 is 14.8 Å². The van der Waals surface area contributed by atoms with Crippen LogP contribution >= 0.6 is 11.6 Å². The summed E-state index contributed by atoms with van der Waals surface area (Å²) in [7, 11) is 3.06. The number of benzene rings is 2. The van der Waals surface area contributed by atoms with E-state index in [4.69, 9.17) is 21.1 Å². The molecule has 2 rings (SSSR count). The first kappa shape index (κ1) is 17.9. The van der Waals surface area contributed by atoms with E-state index in [9.17, 15) is 4.79 Å². The smallest absolute Gasteiger partial charge is 0.244 e. The van der Waals surface area contributed by atoms with Crippen molar-refractivity contribution >= 4 is 23.6 Å². The van der Waals surface area contributed by atoms with Crippen molar-refractivity contribution in [2.75, 3.05) is 14.2 Å². The molecule has 0 heterocycles. The zero-order valence-electron chi connectivity index (χ0n) is 13.9. The summed E-state index contributed by atoms with van der Waals surface area (Å²) in [4.78, 5) is 12.1. The van der Waals surface area contributed by atoms with E-state index in [2.05, 4.69) is 5.32 Å².